The van der Waals surface area contributed by atoms with Crippen molar-refractivity contribution in [2.45, 2.75) is 40.7 Å². The summed E-state index contributed by atoms with van der Waals surface area (Å²) in [5.74, 6) is -1.69. The maximum atomic E-state index is 11.7. The quantitative estimate of drug-likeness (QED) is 0.857. The highest BCUT2D eigenvalue weighted by molar-refractivity contribution is 5.82. The second-order valence-corrected chi connectivity index (χ2v) is 5.01. The second kappa shape index (κ2) is 6.36. The van der Waals surface area contributed by atoms with E-state index in [0.717, 1.165) is 5.56 Å². The first kappa shape index (κ1) is 15.2. The summed E-state index contributed by atoms with van der Waals surface area (Å²) in [6.45, 7) is 8.21. The molecule has 0 fully saturated rings. The zero-order valence-corrected chi connectivity index (χ0v) is 11.9. The highest BCUT2D eigenvalue weighted by Gasteiger charge is 2.16. The van der Waals surface area contributed by atoms with Gasteiger partial charge in [-0.1, -0.05) is 19.1 Å². The summed E-state index contributed by atoms with van der Waals surface area (Å²) in [4.78, 5) is 22.3. The highest BCUT2D eigenvalue weighted by Crippen LogP contribution is 2.17. The van der Waals surface area contributed by atoms with Crippen LogP contribution in [-0.2, 0) is 16.1 Å². The Morgan fingerprint density at radius 2 is 1.84 bits per heavy atom. The van der Waals surface area contributed by atoms with Gasteiger partial charge in [-0.15, -0.1) is 0 Å². The topological polar surface area (TPSA) is 66.4 Å². The Morgan fingerprint density at radius 1 is 1.21 bits per heavy atom. The van der Waals surface area contributed by atoms with Crippen LogP contribution in [0.3, 0.4) is 0 Å². The predicted octanol–water partition coefficient (Wildman–Crippen LogP) is 2.34. The van der Waals surface area contributed by atoms with Gasteiger partial charge >= 0.3 is 5.97 Å². The molecule has 104 valence electrons. The van der Waals surface area contributed by atoms with E-state index in [1.807, 2.05) is 19.1 Å². The maximum Gasteiger partial charge on any atom is 0.304 e. The molecule has 1 atom stereocenters. The molecular formula is C15H21NO3. The lowest BCUT2D eigenvalue weighted by Crippen LogP contribution is -2.30. The van der Waals surface area contributed by atoms with Crippen LogP contribution in [0.15, 0.2) is 12.1 Å². The van der Waals surface area contributed by atoms with Gasteiger partial charge < -0.3 is 10.4 Å². The largest absolute Gasteiger partial charge is 0.481 e. The number of rotatable bonds is 5. The van der Waals surface area contributed by atoms with Gasteiger partial charge in [-0.05, 0) is 43.0 Å². The van der Waals surface area contributed by atoms with E-state index in [0.29, 0.717) is 6.54 Å². The summed E-state index contributed by atoms with van der Waals surface area (Å²) in [7, 11) is 0. The second-order valence-electron chi connectivity index (χ2n) is 5.01. The first-order valence-corrected chi connectivity index (χ1v) is 6.38. The third-order valence-corrected chi connectivity index (χ3v) is 3.55. The third kappa shape index (κ3) is 4.09. The molecule has 0 aromatic heterocycles. The van der Waals surface area contributed by atoms with Crippen LogP contribution in [0.1, 0.15) is 35.6 Å². The molecule has 1 aromatic carbocycles. The van der Waals surface area contributed by atoms with Crippen molar-refractivity contribution < 1.29 is 14.7 Å². The summed E-state index contributed by atoms with van der Waals surface area (Å²) in [5.41, 5.74) is 4.70. The van der Waals surface area contributed by atoms with Crippen LogP contribution < -0.4 is 5.32 Å². The number of carbonyl (C=O) groups excluding carboxylic acids is 1. The van der Waals surface area contributed by atoms with Gasteiger partial charge in [-0.3, -0.25) is 9.59 Å². The number of carboxylic acid groups (broad SMARTS) is 1. The van der Waals surface area contributed by atoms with Crippen molar-refractivity contribution in [3.05, 3.63) is 34.4 Å². The lowest BCUT2D eigenvalue weighted by atomic mass is 9.98. The molecule has 0 bridgehead atoms. The molecule has 4 nitrogen and oxygen atoms in total. The zero-order chi connectivity index (χ0) is 14.6. The molecule has 2 N–H and O–H groups in total. The van der Waals surface area contributed by atoms with Gasteiger partial charge in [0.05, 0.1) is 6.42 Å². The summed E-state index contributed by atoms with van der Waals surface area (Å²) in [5, 5.41) is 11.4. The lowest BCUT2D eigenvalue weighted by Gasteiger charge is -2.14. The molecular weight excluding hydrogens is 242 g/mol. The van der Waals surface area contributed by atoms with Crippen molar-refractivity contribution in [3.63, 3.8) is 0 Å². The van der Waals surface area contributed by atoms with Crippen LogP contribution in [0.25, 0.3) is 0 Å². The normalized spacial score (nSPS) is 12.0. The number of aliphatic carboxylic acids is 1. The molecule has 0 saturated heterocycles. The van der Waals surface area contributed by atoms with Crippen LogP contribution in [0.2, 0.25) is 0 Å². The number of aryl methyl sites for hydroxylation is 1. The number of hydrogen-bond donors (Lipinski definition) is 2. The van der Waals surface area contributed by atoms with Crippen molar-refractivity contribution >= 4 is 11.9 Å². The summed E-state index contributed by atoms with van der Waals surface area (Å²) >= 11 is 0. The highest BCUT2D eigenvalue weighted by atomic mass is 16.4. The average Bonchev–Trinajstić information content (AvgIpc) is 2.34. The fourth-order valence-electron chi connectivity index (χ4n) is 1.91. The molecule has 1 amide bonds. The molecule has 1 unspecified atom stereocenters. The molecule has 19 heavy (non-hydrogen) atoms. The molecule has 1 rings (SSSR count). The van der Waals surface area contributed by atoms with Crippen LogP contribution >= 0.6 is 0 Å². The minimum Gasteiger partial charge on any atom is -0.481 e. The van der Waals surface area contributed by atoms with Crippen molar-refractivity contribution in [1.82, 2.24) is 5.32 Å². The molecule has 0 aliphatic carbocycles. The molecule has 4 heteroatoms. The number of nitrogens with one attached hydrogen (secondary N) is 1. The first-order chi connectivity index (χ1) is 8.82. The predicted molar refractivity (Wildman–Crippen MR) is 73.9 cm³/mol. The fourth-order valence-corrected chi connectivity index (χ4v) is 1.91. The zero-order valence-electron chi connectivity index (χ0n) is 11.9. The van der Waals surface area contributed by atoms with E-state index in [1.165, 1.54) is 16.7 Å². The van der Waals surface area contributed by atoms with E-state index < -0.39 is 11.9 Å². The summed E-state index contributed by atoms with van der Waals surface area (Å²) in [6, 6.07) is 4.03. The first-order valence-electron chi connectivity index (χ1n) is 6.38. The Morgan fingerprint density at radius 3 is 2.42 bits per heavy atom. The third-order valence-electron chi connectivity index (χ3n) is 3.55. The SMILES string of the molecule is Cc1ccc(CNC(=O)C(C)CC(=O)O)c(C)c1C. The number of carbonyl (C=O) groups is 2. The van der Waals surface area contributed by atoms with Gasteiger partial charge in [0.25, 0.3) is 0 Å². The average molecular weight is 263 g/mol. The van der Waals surface area contributed by atoms with E-state index in [2.05, 4.69) is 19.2 Å². The van der Waals surface area contributed by atoms with Crippen molar-refractivity contribution in [1.29, 1.82) is 0 Å². The van der Waals surface area contributed by atoms with Crippen molar-refractivity contribution in [2.75, 3.05) is 0 Å². The maximum absolute atomic E-state index is 11.7. The molecule has 0 radical (unpaired) electrons. The minimum atomic E-state index is -0.954. The van der Waals surface area contributed by atoms with Crippen molar-refractivity contribution in [3.8, 4) is 0 Å². The van der Waals surface area contributed by atoms with Crippen molar-refractivity contribution in [2.24, 2.45) is 5.92 Å². The monoisotopic (exact) mass is 263 g/mol. The number of hydrogen-bond acceptors (Lipinski definition) is 2. The van der Waals surface area contributed by atoms with E-state index in [9.17, 15) is 9.59 Å². The Balaban J connectivity index is 2.65. The molecule has 1 aromatic rings. The molecule has 0 spiro atoms. The fraction of sp³-hybridized carbons (Fsp3) is 0.467. The number of amides is 1. The van der Waals surface area contributed by atoms with E-state index in [4.69, 9.17) is 5.11 Å². The molecule has 0 heterocycles. The van der Waals surface area contributed by atoms with Crippen LogP contribution in [0, 0.1) is 26.7 Å². The Kier molecular flexibility index (Phi) is 5.10. The minimum absolute atomic E-state index is 0.141. The van der Waals surface area contributed by atoms with Gasteiger partial charge in [0, 0.05) is 12.5 Å². The Hall–Kier alpha value is -1.84. The molecule has 0 aliphatic heterocycles. The summed E-state index contributed by atoms with van der Waals surface area (Å²) < 4.78 is 0. The van der Waals surface area contributed by atoms with E-state index in [1.54, 1.807) is 6.92 Å². The molecule has 0 aliphatic rings. The van der Waals surface area contributed by atoms with E-state index >= 15 is 0 Å². The Bertz CT molecular complexity index is 494. The Labute approximate surface area is 113 Å². The van der Waals surface area contributed by atoms with E-state index in [-0.39, 0.29) is 12.3 Å². The number of carboxylic acids is 1. The van der Waals surface area contributed by atoms with Gasteiger partial charge in [0.1, 0.15) is 0 Å². The number of benzene rings is 1. The smallest absolute Gasteiger partial charge is 0.304 e. The standard InChI is InChI=1S/C15H21NO3/c1-9-5-6-13(12(4)11(9)3)8-16-15(19)10(2)7-14(17)18/h5-6,10H,7-8H2,1-4H3,(H,16,19)(H,17,18). The van der Waals surface area contributed by atoms with Crippen LogP contribution in [0.5, 0.6) is 0 Å². The lowest BCUT2D eigenvalue weighted by molar-refractivity contribution is -0.140. The van der Waals surface area contributed by atoms with Crippen LogP contribution in [-0.4, -0.2) is 17.0 Å². The van der Waals surface area contributed by atoms with Gasteiger partial charge in [-0.2, -0.15) is 0 Å². The van der Waals surface area contributed by atoms with Gasteiger partial charge in [0.2, 0.25) is 5.91 Å². The molecule has 0 saturated carbocycles. The summed E-state index contributed by atoms with van der Waals surface area (Å²) in [6.07, 6.45) is -0.141. The van der Waals surface area contributed by atoms with Gasteiger partial charge in [0.15, 0.2) is 0 Å². The van der Waals surface area contributed by atoms with Gasteiger partial charge in [-0.25, -0.2) is 0 Å². The van der Waals surface area contributed by atoms with Crippen LogP contribution in [0.4, 0.5) is 0 Å².